The van der Waals surface area contributed by atoms with E-state index in [0.29, 0.717) is 18.0 Å². The Kier molecular flexibility index (Phi) is 7.32. The minimum absolute atomic E-state index is 0.0935. The van der Waals surface area contributed by atoms with E-state index in [-0.39, 0.29) is 17.9 Å². The van der Waals surface area contributed by atoms with Crippen molar-refractivity contribution in [1.82, 2.24) is 4.57 Å². The molecule has 0 aliphatic heterocycles. The maximum absolute atomic E-state index is 14.5. The zero-order valence-electron chi connectivity index (χ0n) is 22.5. The molecule has 0 saturated heterocycles. The first kappa shape index (κ1) is 27.0. The van der Waals surface area contributed by atoms with Crippen molar-refractivity contribution in [3.8, 4) is 28.3 Å². The van der Waals surface area contributed by atoms with E-state index in [1.54, 1.807) is 36.4 Å². The summed E-state index contributed by atoms with van der Waals surface area (Å²) in [6.07, 6.45) is 0. The third-order valence-corrected chi connectivity index (χ3v) is 7.04. The Morgan fingerprint density at radius 3 is 2.30 bits per heavy atom. The Bertz CT molecular complexity index is 1670. The first-order valence-corrected chi connectivity index (χ1v) is 12.9. The average Bonchev–Trinajstić information content (AvgIpc) is 3.33. The van der Waals surface area contributed by atoms with Gasteiger partial charge in [-0.05, 0) is 47.5 Å². The Balaban J connectivity index is 1.85. The van der Waals surface area contributed by atoms with Crippen LogP contribution in [0.5, 0.6) is 11.5 Å². The number of hydrogen-bond acceptors (Lipinski definition) is 4. The van der Waals surface area contributed by atoms with E-state index in [4.69, 9.17) is 9.47 Å². The van der Waals surface area contributed by atoms with Crippen LogP contribution in [0.4, 0.5) is 4.39 Å². The number of methoxy groups -OCH3 is 1. The highest BCUT2D eigenvalue weighted by atomic mass is 19.1. The van der Waals surface area contributed by atoms with E-state index in [1.165, 1.54) is 13.2 Å². The predicted octanol–water partition coefficient (Wildman–Crippen LogP) is 6.99. The van der Waals surface area contributed by atoms with E-state index in [9.17, 15) is 19.4 Å². The standard InChI is InChI=1S/C33H30FNO5/c1-33(2,20-36)31-29(22-12-14-23(15-13-22)32(37)38)30-26(35(31)24-16-17-25(34)28(18-24)39-3)10-7-11-27(30)40-19-21-8-5-4-6-9-21/h4-18,36H,19-20H2,1-3H3,(H,37,38). The van der Waals surface area contributed by atoms with Crippen molar-refractivity contribution in [1.29, 1.82) is 0 Å². The molecule has 0 atom stereocenters. The molecule has 1 heterocycles. The highest BCUT2D eigenvalue weighted by molar-refractivity contribution is 6.04. The lowest BCUT2D eigenvalue weighted by Gasteiger charge is -2.27. The topological polar surface area (TPSA) is 80.9 Å². The molecule has 4 aromatic carbocycles. The molecule has 40 heavy (non-hydrogen) atoms. The number of fused-ring (bicyclic) bond motifs is 1. The molecule has 0 bridgehead atoms. The molecule has 0 aliphatic carbocycles. The summed E-state index contributed by atoms with van der Waals surface area (Å²) in [5.74, 6) is -0.783. The molecule has 0 amide bonds. The summed E-state index contributed by atoms with van der Waals surface area (Å²) >= 11 is 0. The molecule has 5 aromatic rings. The third kappa shape index (κ3) is 4.92. The van der Waals surface area contributed by atoms with Gasteiger partial charge in [0.2, 0.25) is 0 Å². The van der Waals surface area contributed by atoms with E-state index in [2.05, 4.69) is 0 Å². The number of aliphatic hydroxyl groups is 1. The Labute approximate surface area is 231 Å². The number of rotatable bonds is 9. The van der Waals surface area contributed by atoms with E-state index < -0.39 is 17.2 Å². The van der Waals surface area contributed by atoms with Crippen molar-refractivity contribution in [2.24, 2.45) is 0 Å². The summed E-state index contributed by atoms with van der Waals surface area (Å²) in [7, 11) is 1.42. The molecule has 1 aromatic heterocycles. The SMILES string of the molecule is COc1cc(-n2c(C(C)(C)CO)c(-c3ccc(C(=O)O)cc3)c3c(OCc4ccccc4)cccc32)ccc1F. The normalized spacial score (nSPS) is 11.5. The first-order valence-electron chi connectivity index (χ1n) is 12.9. The molecule has 2 N–H and O–H groups in total. The van der Waals surface area contributed by atoms with E-state index in [0.717, 1.165) is 33.3 Å². The van der Waals surface area contributed by atoms with Crippen LogP contribution in [0.25, 0.3) is 27.7 Å². The van der Waals surface area contributed by atoms with Gasteiger partial charge >= 0.3 is 5.97 Å². The van der Waals surface area contributed by atoms with E-state index in [1.807, 2.05) is 66.9 Å². The molecule has 0 radical (unpaired) electrons. The van der Waals surface area contributed by atoms with Gasteiger partial charge in [-0.15, -0.1) is 0 Å². The van der Waals surface area contributed by atoms with Gasteiger partial charge in [0.25, 0.3) is 0 Å². The molecule has 0 spiro atoms. The number of halogens is 1. The predicted molar refractivity (Wildman–Crippen MR) is 153 cm³/mol. The van der Waals surface area contributed by atoms with Crippen LogP contribution in [-0.2, 0) is 12.0 Å². The molecular formula is C33H30FNO5. The van der Waals surface area contributed by atoms with Crippen molar-refractivity contribution in [3.63, 3.8) is 0 Å². The zero-order valence-corrected chi connectivity index (χ0v) is 22.5. The van der Waals surface area contributed by atoms with Crippen LogP contribution in [0.15, 0.2) is 91.0 Å². The number of benzene rings is 4. The van der Waals surface area contributed by atoms with Crippen molar-refractivity contribution >= 4 is 16.9 Å². The summed E-state index contributed by atoms with van der Waals surface area (Å²) < 4.78 is 28.1. The quantitative estimate of drug-likeness (QED) is 0.211. The van der Waals surface area contributed by atoms with Gasteiger partial charge in [0, 0.05) is 28.4 Å². The minimum atomic E-state index is -1.02. The van der Waals surface area contributed by atoms with Crippen molar-refractivity contribution in [2.75, 3.05) is 13.7 Å². The first-order chi connectivity index (χ1) is 19.2. The second-order valence-electron chi connectivity index (χ2n) is 10.2. The number of hydrogen-bond donors (Lipinski definition) is 2. The Morgan fingerprint density at radius 2 is 1.65 bits per heavy atom. The number of aliphatic hydroxyl groups excluding tert-OH is 1. The molecular weight excluding hydrogens is 509 g/mol. The second kappa shape index (κ2) is 10.9. The lowest BCUT2D eigenvalue weighted by atomic mass is 9.84. The van der Waals surface area contributed by atoms with Crippen LogP contribution < -0.4 is 9.47 Å². The fourth-order valence-electron chi connectivity index (χ4n) is 5.00. The number of carboxylic acids is 1. The molecule has 0 aliphatic rings. The lowest BCUT2D eigenvalue weighted by Crippen LogP contribution is -2.26. The third-order valence-electron chi connectivity index (χ3n) is 7.04. The molecule has 6 nitrogen and oxygen atoms in total. The number of ether oxygens (including phenoxy) is 2. The van der Waals surface area contributed by atoms with Crippen LogP contribution in [0, 0.1) is 5.82 Å². The molecule has 5 rings (SSSR count). The van der Waals surface area contributed by atoms with Crippen LogP contribution in [-0.4, -0.2) is 34.5 Å². The van der Waals surface area contributed by atoms with Crippen LogP contribution >= 0.6 is 0 Å². The summed E-state index contributed by atoms with van der Waals surface area (Å²) in [5.41, 5.74) is 4.15. The highest BCUT2D eigenvalue weighted by Gasteiger charge is 2.33. The van der Waals surface area contributed by atoms with Crippen LogP contribution in [0.2, 0.25) is 0 Å². The number of nitrogens with zero attached hydrogens (tertiary/aromatic N) is 1. The van der Waals surface area contributed by atoms with Gasteiger partial charge in [-0.3, -0.25) is 0 Å². The largest absolute Gasteiger partial charge is 0.494 e. The smallest absolute Gasteiger partial charge is 0.335 e. The number of carbonyl (C=O) groups is 1. The highest BCUT2D eigenvalue weighted by Crippen LogP contribution is 2.46. The Hall–Kier alpha value is -4.62. The molecule has 0 saturated carbocycles. The van der Waals surface area contributed by atoms with Gasteiger partial charge in [-0.25, -0.2) is 9.18 Å². The van der Waals surface area contributed by atoms with Gasteiger partial charge in [0.1, 0.15) is 12.4 Å². The summed E-state index contributed by atoms with van der Waals surface area (Å²) in [5, 5.41) is 20.9. The van der Waals surface area contributed by atoms with Crippen molar-refractivity contribution < 1.29 is 28.9 Å². The maximum atomic E-state index is 14.5. The summed E-state index contributed by atoms with van der Waals surface area (Å²) in [6.45, 7) is 4.02. The van der Waals surface area contributed by atoms with Gasteiger partial charge in [-0.2, -0.15) is 0 Å². The van der Waals surface area contributed by atoms with Crippen molar-refractivity contribution in [2.45, 2.75) is 25.9 Å². The summed E-state index contributed by atoms with van der Waals surface area (Å²) in [6, 6.07) is 26.9. The van der Waals surface area contributed by atoms with Crippen LogP contribution in [0.3, 0.4) is 0 Å². The lowest BCUT2D eigenvalue weighted by molar-refractivity contribution is 0.0697. The van der Waals surface area contributed by atoms with Crippen molar-refractivity contribution in [3.05, 3.63) is 114 Å². The van der Waals surface area contributed by atoms with E-state index >= 15 is 0 Å². The molecule has 7 heteroatoms. The fourth-order valence-corrected chi connectivity index (χ4v) is 5.00. The van der Waals surface area contributed by atoms with Gasteiger partial charge in [-0.1, -0.05) is 62.4 Å². The zero-order chi connectivity index (χ0) is 28.4. The second-order valence-corrected chi connectivity index (χ2v) is 10.2. The number of aromatic carboxylic acids is 1. The summed E-state index contributed by atoms with van der Waals surface area (Å²) in [4.78, 5) is 11.6. The Morgan fingerprint density at radius 1 is 0.925 bits per heavy atom. The van der Waals surface area contributed by atoms with Crippen LogP contribution in [0.1, 0.15) is 35.5 Å². The number of aromatic nitrogens is 1. The van der Waals surface area contributed by atoms with Gasteiger partial charge < -0.3 is 24.3 Å². The monoisotopic (exact) mass is 539 g/mol. The fraction of sp³-hybridized carbons (Fsp3) is 0.182. The molecule has 204 valence electrons. The van der Waals surface area contributed by atoms with Gasteiger partial charge in [0.15, 0.2) is 11.6 Å². The minimum Gasteiger partial charge on any atom is -0.494 e. The number of carboxylic acid groups (broad SMARTS) is 1. The van der Waals surface area contributed by atoms with Gasteiger partial charge in [0.05, 0.1) is 30.2 Å². The maximum Gasteiger partial charge on any atom is 0.335 e. The molecule has 0 unspecified atom stereocenters. The average molecular weight is 540 g/mol. The molecule has 0 fully saturated rings.